The number of nitrogens with two attached hydrogens (primary N) is 1. The van der Waals surface area contributed by atoms with Gasteiger partial charge >= 0.3 is 0 Å². The second kappa shape index (κ2) is 10.8. The van der Waals surface area contributed by atoms with Crippen LogP contribution in [0.5, 0.6) is 0 Å². The van der Waals surface area contributed by atoms with Crippen molar-refractivity contribution in [3.8, 4) is 0 Å². The normalized spacial score (nSPS) is 23.6. The number of hydrogen-bond donors (Lipinski definition) is 1. The van der Waals surface area contributed by atoms with Crippen LogP contribution in [-0.4, -0.2) is 70.7 Å². The van der Waals surface area contributed by atoms with Crippen LogP contribution in [0.4, 0.5) is 11.6 Å². The summed E-state index contributed by atoms with van der Waals surface area (Å²) in [4.78, 5) is 35.9. The van der Waals surface area contributed by atoms with Gasteiger partial charge in [0, 0.05) is 54.6 Å². The first kappa shape index (κ1) is 26.7. The summed E-state index contributed by atoms with van der Waals surface area (Å²) in [5.74, 6) is 2.03. The highest BCUT2D eigenvalue weighted by Gasteiger charge is 2.47. The largest absolute Gasteiger partial charge is 0.376 e. The summed E-state index contributed by atoms with van der Waals surface area (Å²) in [6.07, 6.45) is 7.37. The van der Waals surface area contributed by atoms with E-state index in [0.29, 0.717) is 10.7 Å². The van der Waals surface area contributed by atoms with E-state index in [2.05, 4.69) is 26.7 Å². The summed E-state index contributed by atoms with van der Waals surface area (Å²) in [6.45, 7) is 7.82. The number of Topliss-reactive ketones (excluding diaryl/α,β-unsaturated/α-hetero) is 1. The molecule has 39 heavy (non-hydrogen) atoms. The van der Waals surface area contributed by atoms with E-state index in [9.17, 15) is 4.79 Å². The molecule has 9 nitrogen and oxygen atoms in total. The van der Waals surface area contributed by atoms with Gasteiger partial charge in [0.1, 0.15) is 28.0 Å². The molecule has 0 aromatic carbocycles. The van der Waals surface area contributed by atoms with Crippen molar-refractivity contribution in [1.29, 1.82) is 0 Å². The van der Waals surface area contributed by atoms with Crippen molar-refractivity contribution in [2.75, 3.05) is 42.6 Å². The van der Waals surface area contributed by atoms with Gasteiger partial charge in [-0.3, -0.25) is 4.79 Å². The van der Waals surface area contributed by atoms with E-state index in [1.54, 1.807) is 13.1 Å². The quantitative estimate of drug-likeness (QED) is 0.477. The lowest BCUT2D eigenvalue weighted by molar-refractivity contribution is -0.121. The van der Waals surface area contributed by atoms with E-state index in [0.717, 1.165) is 85.5 Å². The fourth-order valence-electron chi connectivity index (χ4n) is 6.07. The molecule has 0 saturated carbocycles. The molecule has 0 radical (unpaired) electrons. The summed E-state index contributed by atoms with van der Waals surface area (Å²) in [7, 11) is 0. The maximum absolute atomic E-state index is 11.7. The van der Waals surface area contributed by atoms with Crippen LogP contribution in [0.25, 0.3) is 11.2 Å². The number of pyridine rings is 2. The molecular formula is C28H34ClN7O2S. The molecule has 0 bridgehead atoms. The summed E-state index contributed by atoms with van der Waals surface area (Å²) in [5.41, 5.74) is 7.93. The zero-order valence-electron chi connectivity index (χ0n) is 22.3. The lowest BCUT2D eigenvalue weighted by atomic mass is 9.73. The number of rotatable bonds is 5. The number of halogens is 1. The van der Waals surface area contributed by atoms with Gasteiger partial charge in [-0.15, -0.1) is 0 Å². The molecule has 3 fully saturated rings. The number of carbonyl (C=O) groups is 1. The van der Waals surface area contributed by atoms with Gasteiger partial charge in [-0.25, -0.2) is 19.9 Å². The molecular weight excluding hydrogens is 534 g/mol. The minimum Gasteiger partial charge on any atom is -0.376 e. The highest BCUT2D eigenvalue weighted by molar-refractivity contribution is 7.99. The molecule has 0 unspecified atom stereocenters. The van der Waals surface area contributed by atoms with Crippen LogP contribution in [0.1, 0.15) is 39.5 Å². The molecule has 0 amide bonds. The molecule has 11 heteroatoms. The van der Waals surface area contributed by atoms with Gasteiger partial charge in [0.15, 0.2) is 5.65 Å². The predicted molar refractivity (Wildman–Crippen MR) is 154 cm³/mol. The summed E-state index contributed by atoms with van der Waals surface area (Å²) in [5, 5.41) is 1.40. The van der Waals surface area contributed by atoms with Crippen LogP contribution in [0.2, 0.25) is 5.02 Å². The molecule has 2 atom stereocenters. The van der Waals surface area contributed by atoms with Crippen LogP contribution in [-0.2, 0) is 9.53 Å². The Morgan fingerprint density at radius 1 is 1.10 bits per heavy atom. The first-order chi connectivity index (χ1) is 18.8. The van der Waals surface area contributed by atoms with E-state index in [1.165, 1.54) is 11.8 Å². The summed E-state index contributed by atoms with van der Waals surface area (Å²) in [6, 6.07) is 5.93. The zero-order chi connectivity index (χ0) is 27.1. The van der Waals surface area contributed by atoms with Gasteiger partial charge in [-0.1, -0.05) is 23.4 Å². The smallest absolute Gasteiger partial charge is 0.179 e. The van der Waals surface area contributed by atoms with Gasteiger partial charge < -0.3 is 20.3 Å². The number of nitrogens with zero attached hydrogens (tertiary/aromatic N) is 6. The van der Waals surface area contributed by atoms with Crippen LogP contribution in [0.3, 0.4) is 0 Å². The van der Waals surface area contributed by atoms with E-state index >= 15 is 0 Å². The van der Waals surface area contributed by atoms with Crippen molar-refractivity contribution < 1.29 is 9.53 Å². The average Bonchev–Trinajstić information content (AvgIpc) is 3.22. The van der Waals surface area contributed by atoms with Gasteiger partial charge in [0.05, 0.1) is 23.9 Å². The number of ketones is 1. The number of carbonyl (C=O) groups excluding carboxylic acids is 1. The van der Waals surface area contributed by atoms with Crippen molar-refractivity contribution in [2.45, 2.75) is 61.6 Å². The van der Waals surface area contributed by atoms with Gasteiger partial charge in [0.25, 0.3) is 0 Å². The minimum absolute atomic E-state index is 0.0763. The van der Waals surface area contributed by atoms with Crippen LogP contribution >= 0.6 is 23.4 Å². The number of ether oxygens (including phenoxy) is 1. The fraction of sp³-hybridized carbons (Fsp3) is 0.536. The van der Waals surface area contributed by atoms with Crippen LogP contribution < -0.4 is 15.5 Å². The Morgan fingerprint density at radius 2 is 1.87 bits per heavy atom. The van der Waals surface area contributed by atoms with Gasteiger partial charge in [-0.05, 0) is 57.7 Å². The van der Waals surface area contributed by atoms with Crippen molar-refractivity contribution in [2.24, 2.45) is 17.1 Å². The van der Waals surface area contributed by atoms with E-state index in [-0.39, 0.29) is 29.3 Å². The van der Waals surface area contributed by atoms with Crippen LogP contribution in [0.15, 0.2) is 40.5 Å². The highest BCUT2D eigenvalue weighted by atomic mass is 35.5. The Balaban J connectivity index is 1.14. The second-order valence-electron chi connectivity index (χ2n) is 11.0. The fourth-order valence-corrected chi connectivity index (χ4v) is 7.22. The Hall–Kier alpha value is -2.53. The Bertz CT molecular complexity index is 1380. The lowest BCUT2D eigenvalue weighted by Gasteiger charge is -2.41. The third kappa shape index (κ3) is 5.19. The number of aromatic nitrogens is 4. The molecule has 206 valence electrons. The molecule has 2 N–H and O–H groups in total. The van der Waals surface area contributed by atoms with Gasteiger partial charge in [0.2, 0.25) is 0 Å². The average molecular weight is 568 g/mol. The number of piperidine rings is 2. The standard InChI is InChI=1S/C28H34ClN7O2S/c1-17(37)19-6-11-36(12-7-19)27-24(29)21(5-10-31-27)39-23-4-3-20-26(34-23)32-15-22(33-20)35-13-8-28(9-14-35)16-38-18(2)25(28)30/h3-5,10,15,18-19,25H,6-9,11-14,16,30H2,1-2H3/t18-,25+/m0/s1. The highest BCUT2D eigenvalue weighted by Crippen LogP contribution is 2.42. The zero-order valence-corrected chi connectivity index (χ0v) is 23.9. The Morgan fingerprint density at radius 3 is 2.56 bits per heavy atom. The number of anilines is 2. The Labute approximate surface area is 237 Å². The van der Waals surface area contributed by atoms with Crippen LogP contribution in [0, 0.1) is 11.3 Å². The topological polar surface area (TPSA) is 110 Å². The first-order valence-corrected chi connectivity index (χ1v) is 14.9. The van der Waals surface area contributed by atoms with Crippen molar-refractivity contribution in [3.63, 3.8) is 0 Å². The molecule has 1 spiro atoms. The molecule has 6 heterocycles. The molecule has 0 aliphatic carbocycles. The third-order valence-electron chi connectivity index (χ3n) is 8.72. The second-order valence-corrected chi connectivity index (χ2v) is 12.5. The Kier molecular flexibility index (Phi) is 7.39. The van der Waals surface area contributed by atoms with Crippen molar-refractivity contribution in [1.82, 2.24) is 19.9 Å². The molecule has 3 aromatic rings. The summed E-state index contributed by atoms with van der Waals surface area (Å²) >= 11 is 8.30. The van der Waals surface area contributed by atoms with E-state index in [4.69, 9.17) is 32.0 Å². The predicted octanol–water partition coefficient (Wildman–Crippen LogP) is 4.36. The third-order valence-corrected chi connectivity index (χ3v) is 10.2. The van der Waals surface area contributed by atoms with Crippen molar-refractivity contribution in [3.05, 3.63) is 35.6 Å². The maximum Gasteiger partial charge on any atom is 0.179 e. The lowest BCUT2D eigenvalue weighted by Crippen LogP contribution is -2.50. The first-order valence-electron chi connectivity index (χ1n) is 13.7. The molecule has 6 rings (SSSR count). The van der Waals surface area contributed by atoms with E-state index < -0.39 is 0 Å². The van der Waals surface area contributed by atoms with Gasteiger partial charge in [-0.2, -0.15) is 0 Å². The minimum atomic E-state index is 0.0763. The monoisotopic (exact) mass is 567 g/mol. The van der Waals surface area contributed by atoms with Crippen molar-refractivity contribution >= 4 is 51.9 Å². The number of hydrogen-bond acceptors (Lipinski definition) is 10. The molecule has 3 aromatic heterocycles. The van der Waals surface area contributed by atoms with E-state index in [1.807, 2.05) is 24.4 Å². The molecule has 3 aliphatic rings. The molecule has 3 saturated heterocycles. The number of fused-ring (bicyclic) bond motifs is 1. The SMILES string of the molecule is CC(=O)C1CCN(c2nccc(Sc3ccc4nc(N5CCC6(CC5)CO[C@@H](C)[C@H]6N)cnc4n3)c2Cl)CC1. The molecule has 3 aliphatic heterocycles. The maximum atomic E-state index is 11.7. The summed E-state index contributed by atoms with van der Waals surface area (Å²) < 4.78 is 5.86.